The second kappa shape index (κ2) is 2.92. The Hall–Kier alpha value is -2.22. The number of rotatable bonds is 0. The van der Waals surface area contributed by atoms with Gasteiger partial charge in [-0.15, -0.1) is 0 Å². The molecular formula is C9H4FN3O. The molecule has 68 valence electrons. The topological polar surface area (TPSA) is 69.5 Å². The highest BCUT2D eigenvalue weighted by Crippen LogP contribution is 2.13. The van der Waals surface area contributed by atoms with Crippen molar-refractivity contribution in [1.29, 1.82) is 5.26 Å². The number of halogens is 1. The third-order valence-corrected chi connectivity index (χ3v) is 1.78. The molecule has 0 amide bonds. The molecule has 2 rings (SSSR count). The van der Waals surface area contributed by atoms with Crippen molar-refractivity contribution in [3.05, 3.63) is 40.1 Å². The first-order valence-corrected chi connectivity index (χ1v) is 3.79. The minimum Gasteiger partial charge on any atom is -0.319 e. The van der Waals surface area contributed by atoms with Crippen LogP contribution in [0.25, 0.3) is 11.0 Å². The lowest BCUT2D eigenvalue weighted by Crippen LogP contribution is -2.05. The van der Waals surface area contributed by atoms with Gasteiger partial charge in [-0.05, 0) is 6.07 Å². The number of hydrogen-bond acceptors (Lipinski definition) is 3. The Labute approximate surface area is 77.6 Å². The van der Waals surface area contributed by atoms with E-state index in [-0.39, 0.29) is 11.1 Å². The van der Waals surface area contributed by atoms with E-state index >= 15 is 0 Å². The molecule has 1 aromatic heterocycles. The fraction of sp³-hybridized carbons (Fsp3) is 0. The molecule has 2 aromatic rings. The Kier molecular flexibility index (Phi) is 1.75. The minimum atomic E-state index is -0.663. The second-order valence-corrected chi connectivity index (χ2v) is 2.71. The summed E-state index contributed by atoms with van der Waals surface area (Å²) in [5.41, 5.74) is 0.190. The maximum Gasteiger partial charge on any atom is 0.266 e. The maximum atomic E-state index is 13.1. The first-order chi connectivity index (χ1) is 6.70. The van der Waals surface area contributed by atoms with Crippen molar-refractivity contribution < 1.29 is 4.39 Å². The third-order valence-electron chi connectivity index (χ3n) is 1.78. The van der Waals surface area contributed by atoms with Gasteiger partial charge in [0.05, 0.1) is 22.8 Å². The molecule has 0 radical (unpaired) electrons. The lowest BCUT2D eigenvalue weighted by atomic mass is 10.2. The molecule has 4 nitrogen and oxygen atoms in total. The first kappa shape index (κ1) is 8.38. The van der Waals surface area contributed by atoms with Gasteiger partial charge in [0.15, 0.2) is 0 Å². The summed E-state index contributed by atoms with van der Waals surface area (Å²) in [6, 6.07) is 4.07. The van der Waals surface area contributed by atoms with Crippen LogP contribution in [0.15, 0.2) is 23.1 Å². The Bertz CT molecular complexity index is 597. The molecule has 0 spiro atoms. The van der Waals surface area contributed by atoms with Crippen molar-refractivity contribution >= 4 is 11.0 Å². The van der Waals surface area contributed by atoms with Crippen LogP contribution in [-0.2, 0) is 0 Å². The highest BCUT2D eigenvalue weighted by atomic mass is 19.1. The van der Waals surface area contributed by atoms with Crippen molar-refractivity contribution in [3.8, 4) is 6.07 Å². The molecule has 0 aliphatic heterocycles. The summed E-state index contributed by atoms with van der Waals surface area (Å²) in [5, 5.41) is 8.54. The van der Waals surface area contributed by atoms with Crippen LogP contribution in [0.3, 0.4) is 0 Å². The van der Waals surface area contributed by atoms with Gasteiger partial charge in [-0.1, -0.05) is 0 Å². The zero-order chi connectivity index (χ0) is 10.1. The van der Waals surface area contributed by atoms with E-state index in [0.29, 0.717) is 5.52 Å². The van der Waals surface area contributed by atoms with Crippen molar-refractivity contribution in [2.75, 3.05) is 0 Å². The molecule has 0 bridgehead atoms. The van der Waals surface area contributed by atoms with E-state index in [4.69, 9.17) is 5.26 Å². The number of nitrogens with one attached hydrogen (secondary N) is 1. The average molecular weight is 189 g/mol. The lowest BCUT2D eigenvalue weighted by Gasteiger charge is -1.97. The molecule has 0 saturated heterocycles. The smallest absolute Gasteiger partial charge is 0.266 e. The number of nitrogens with zero attached hydrogens (tertiary/aromatic N) is 2. The van der Waals surface area contributed by atoms with E-state index < -0.39 is 11.4 Å². The first-order valence-electron chi connectivity index (χ1n) is 3.79. The molecule has 14 heavy (non-hydrogen) atoms. The third kappa shape index (κ3) is 1.23. The van der Waals surface area contributed by atoms with Crippen molar-refractivity contribution in [2.45, 2.75) is 0 Å². The lowest BCUT2D eigenvalue weighted by molar-refractivity contribution is 0.625. The highest BCUT2D eigenvalue weighted by Gasteiger charge is 2.04. The van der Waals surface area contributed by atoms with Gasteiger partial charge in [-0.2, -0.15) is 5.26 Å². The monoisotopic (exact) mass is 189 g/mol. The van der Waals surface area contributed by atoms with Crippen LogP contribution in [0.4, 0.5) is 4.39 Å². The van der Waals surface area contributed by atoms with Crippen molar-refractivity contribution in [3.63, 3.8) is 0 Å². The number of fused-ring (bicyclic) bond motifs is 1. The number of nitriles is 1. The molecule has 5 heteroatoms. The Morgan fingerprint density at radius 2 is 2.29 bits per heavy atom. The van der Waals surface area contributed by atoms with Crippen LogP contribution in [0.5, 0.6) is 0 Å². The summed E-state index contributed by atoms with van der Waals surface area (Å²) in [6.07, 6.45) is 1.08. The van der Waals surface area contributed by atoms with Gasteiger partial charge in [0, 0.05) is 6.07 Å². The summed E-state index contributed by atoms with van der Waals surface area (Å²) < 4.78 is 13.1. The predicted molar refractivity (Wildman–Crippen MR) is 47.0 cm³/mol. The maximum absolute atomic E-state index is 13.1. The Balaban J connectivity index is 2.88. The van der Waals surface area contributed by atoms with E-state index in [1.54, 1.807) is 6.07 Å². The summed E-state index contributed by atoms with van der Waals surface area (Å²) in [6.45, 7) is 0. The quantitative estimate of drug-likeness (QED) is 0.670. The van der Waals surface area contributed by atoms with E-state index in [1.165, 1.54) is 6.07 Å². The second-order valence-electron chi connectivity index (χ2n) is 2.71. The molecule has 0 fully saturated rings. The van der Waals surface area contributed by atoms with Gasteiger partial charge < -0.3 is 4.98 Å². The largest absolute Gasteiger partial charge is 0.319 e. The summed E-state index contributed by atoms with van der Waals surface area (Å²) in [5.74, 6) is -0.663. The van der Waals surface area contributed by atoms with Crippen LogP contribution >= 0.6 is 0 Å². The molecular weight excluding hydrogens is 185 g/mol. The minimum absolute atomic E-state index is 0.0861. The van der Waals surface area contributed by atoms with E-state index in [9.17, 15) is 9.18 Å². The van der Waals surface area contributed by atoms with Crippen LogP contribution in [0.2, 0.25) is 0 Å². The standard InChI is InChI=1S/C9H4FN3O/c10-6-2-8-7(1-5(6)3-11)12-4-9(14)13-8/h1-2,4H,(H,13,14). The number of H-pyrrole nitrogens is 1. The fourth-order valence-corrected chi connectivity index (χ4v) is 1.15. The van der Waals surface area contributed by atoms with Crippen LogP contribution in [0.1, 0.15) is 5.56 Å². The molecule has 0 aliphatic carbocycles. The van der Waals surface area contributed by atoms with Gasteiger partial charge >= 0.3 is 0 Å². The van der Waals surface area contributed by atoms with Gasteiger partial charge in [0.1, 0.15) is 11.9 Å². The normalized spacial score (nSPS) is 10.0. The van der Waals surface area contributed by atoms with Gasteiger partial charge in [0.25, 0.3) is 5.56 Å². The van der Waals surface area contributed by atoms with E-state index in [2.05, 4.69) is 9.97 Å². The van der Waals surface area contributed by atoms with Crippen molar-refractivity contribution in [1.82, 2.24) is 9.97 Å². The molecule has 0 saturated carbocycles. The summed E-state index contributed by atoms with van der Waals surface area (Å²) >= 11 is 0. The zero-order valence-corrected chi connectivity index (χ0v) is 6.91. The molecule has 0 unspecified atom stereocenters. The van der Waals surface area contributed by atoms with Crippen LogP contribution in [-0.4, -0.2) is 9.97 Å². The molecule has 0 atom stereocenters. The zero-order valence-electron chi connectivity index (χ0n) is 6.91. The Morgan fingerprint density at radius 3 is 3.00 bits per heavy atom. The fourth-order valence-electron chi connectivity index (χ4n) is 1.15. The highest BCUT2D eigenvalue weighted by molar-refractivity contribution is 5.75. The van der Waals surface area contributed by atoms with Crippen LogP contribution in [0, 0.1) is 17.1 Å². The number of aromatic nitrogens is 2. The van der Waals surface area contributed by atoms with E-state index in [0.717, 1.165) is 12.3 Å². The summed E-state index contributed by atoms with van der Waals surface area (Å²) in [7, 11) is 0. The number of benzene rings is 1. The van der Waals surface area contributed by atoms with Gasteiger partial charge in [-0.3, -0.25) is 4.79 Å². The number of hydrogen-bond donors (Lipinski definition) is 1. The average Bonchev–Trinajstić information content (AvgIpc) is 2.16. The summed E-state index contributed by atoms with van der Waals surface area (Å²) in [4.78, 5) is 17.0. The van der Waals surface area contributed by atoms with Crippen LogP contribution < -0.4 is 5.56 Å². The molecule has 1 aromatic carbocycles. The van der Waals surface area contributed by atoms with Crippen molar-refractivity contribution in [2.24, 2.45) is 0 Å². The Morgan fingerprint density at radius 1 is 1.50 bits per heavy atom. The van der Waals surface area contributed by atoms with Gasteiger partial charge in [-0.25, -0.2) is 9.37 Å². The SMILES string of the molecule is N#Cc1cc2ncc(=O)[nH]c2cc1F. The predicted octanol–water partition coefficient (Wildman–Crippen LogP) is 0.934. The number of aromatic amines is 1. The molecule has 1 N–H and O–H groups in total. The molecule has 1 heterocycles. The van der Waals surface area contributed by atoms with Gasteiger partial charge in [0.2, 0.25) is 0 Å². The molecule has 0 aliphatic rings. The van der Waals surface area contributed by atoms with E-state index in [1.807, 2.05) is 0 Å².